The highest BCUT2D eigenvalue weighted by atomic mass is 32.1. The first-order valence-corrected chi connectivity index (χ1v) is 6.29. The molecule has 1 saturated heterocycles. The summed E-state index contributed by atoms with van der Waals surface area (Å²) in [5.74, 6) is 0. The quantitative estimate of drug-likeness (QED) is 0.811. The molecule has 0 saturated carbocycles. The van der Waals surface area contributed by atoms with Gasteiger partial charge >= 0.3 is 0 Å². The fourth-order valence-electron chi connectivity index (χ4n) is 2.35. The molecule has 2 nitrogen and oxygen atoms in total. The summed E-state index contributed by atoms with van der Waals surface area (Å²) in [5.41, 5.74) is 7.61. The van der Waals surface area contributed by atoms with Crippen molar-refractivity contribution < 1.29 is 0 Å². The maximum absolute atomic E-state index is 6.20. The van der Waals surface area contributed by atoms with E-state index in [1.54, 1.807) is 11.3 Å². The molecule has 1 fully saturated rings. The number of likely N-dealkylation sites (N-methyl/N-ethyl adjacent to an activating group) is 1. The molecule has 1 aromatic heterocycles. The Bertz CT molecular complexity index is 271. The molecule has 1 aliphatic rings. The minimum absolute atomic E-state index is 0.318. The van der Waals surface area contributed by atoms with Crippen molar-refractivity contribution in [1.82, 2.24) is 4.90 Å². The zero-order chi connectivity index (χ0) is 9.97. The van der Waals surface area contributed by atoms with Crippen molar-refractivity contribution in [3.05, 3.63) is 22.4 Å². The van der Waals surface area contributed by atoms with E-state index in [1.807, 2.05) is 0 Å². The second-order valence-electron chi connectivity index (χ2n) is 3.94. The molecule has 0 spiro atoms. The number of hydrogen-bond donors (Lipinski definition) is 1. The van der Waals surface area contributed by atoms with E-state index < -0.39 is 0 Å². The SMILES string of the molecule is CCN1CCCC(N)C1c1ccsc1. The molecule has 0 bridgehead atoms. The molecule has 2 atom stereocenters. The molecule has 0 aliphatic carbocycles. The van der Waals surface area contributed by atoms with Gasteiger partial charge in [0.15, 0.2) is 0 Å². The molecule has 14 heavy (non-hydrogen) atoms. The largest absolute Gasteiger partial charge is 0.326 e. The van der Waals surface area contributed by atoms with E-state index in [0.29, 0.717) is 12.1 Å². The minimum Gasteiger partial charge on any atom is -0.326 e. The van der Waals surface area contributed by atoms with Gasteiger partial charge in [0.1, 0.15) is 0 Å². The average molecular weight is 210 g/mol. The minimum atomic E-state index is 0.318. The lowest BCUT2D eigenvalue weighted by Crippen LogP contribution is -2.45. The number of hydrogen-bond acceptors (Lipinski definition) is 3. The van der Waals surface area contributed by atoms with Gasteiger partial charge in [-0.05, 0) is 48.3 Å². The lowest BCUT2D eigenvalue weighted by Gasteiger charge is -2.39. The van der Waals surface area contributed by atoms with Gasteiger partial charge in [0.2, 0.25) is 0 Å². The molecule has 0 amide bonds. The van der Waals surface area contributed by atoms with E-state index in [-0.39, 0.29) is 0 Å². The number of thiophene rings is 1. The monoisotopic (exact) mass is 210 g/mol. The van der Waals surface area contributed by atoms with Crippen LogP contribution in [0.3, 0.4) is 0 Å². The third-order valence-electron chi connectivity index (χ3n) is 3.07. The number of nitrogens with zero attached hydrogens (tertiary/aromatic N) is 1. The van der Waals surface area contributed by atoms with Gasteiger partial charge in [-0.1, -0.05) is 6.92 Å². The second kappa shape index (κ2) is 4.43. The average Bonchev–Trinajstić information content (AvgIpc) is 2.70. The highest BCUT2D eigenvalue weighted by molar-refractivity contribution is 7.07. The number of piperidine rings is 1. The molecule has 78 valence electrons. The van der Waals surface area contributed by atoms with Gasteiger partial charge in [0.05, 0.1) is 6.04 Å². The fraction of sp³-hybridized carbons (Fsp3) is 0.636. The zero-order valence-electron chi connectivity index (χ0n) is 8.65. The van der Waals surface area contributed by atoms with E-state index in [9.17, 15) is 0 Å². The number of rotatable bonds is 2. The Kier molecular flexibility index (Phi) is 3.21. The lowest BCUT2D eigenvalue weighted by molar-refractivity contribution is 0.136. The van der Waals surface area contributed by atoms with Gasteiger partial charge in [-0.15, -0.1) is 0 Å². The second-order valence-corrected chi connectivity index (χ2v) is 4.72. The van der Waals surface area contributed by atoms with Crippen molar-refractivity contribution in [2.75, 3.05) is 13.1 Å². The van der Waals surface area contributed by atoms with Crippen molar-refractivity contribution in [1.29, 1.82) is 0 Å². The molecular formula is C11H18N2S. The Balaban J connectivity index is 2.19. The first kappa shape index (κ1) is 10.1. The molecule has 1 aromatic rings. The van der Waals surface area contributed by atoms with Crippen LogP contribution in [0, 0.1) is 0 Å². The van der Waals surface area contributed by atoms with Crippen molar-refractivity contribution in [3.63, 3.8) is 0 Å². The molecule has 2 rings (SSSR count). The summed E-state index contributed by atoms with van der Waals surface area (Å²) in [5, 5.41) is 4.38. The van der Waals surface area contributed by atoms with Crippen LogP contribution in [0.1, 0.15) is 31.4 Å². The number of likely N-dealkylation sites (tertiary alicyclic amines) is 1. The van der Waals surface area contributed by atoms with E-state index in [2.05, 4.69) is 28.7 Å². The van der Waals surface area contributed by atoms with Gasteiger partial charge < -0.3 is 5.73 Å². The topological polar surface area (TPSA) is 29.3 Å². The van der Waals surface area contributed by atoms with Crippen LogP contribution < -0.4 is 5.73 Å². The van der Waals surface area contributed by atoms with Gasteiger partial charge in [-0.25, -0.2) is 0 Å². The third-order valence-corrected chi connectivity index (χ3v) is 3.77. The van der Waals surface area contributed by atoms with Gasteiger partial charge in [0.25, 0.3) is 0 Å². The third kappa shape index (κ3) is 1.85. The zero-order valence-corrected chi connectivity index (χ0v) is 9.46. The predicted octanol–water partition coefficient (Wildman–Crippen LogP) is 2.23. The van der Waals surface area contributed by atoms with Crippen LogP contribution in [-0.4, -0.2) is 24.0 Å². The maximum Gasteiger partial charge on any atom is 0.0507 e. The van der Waals surface area contributed by atoms with Crippen LogP contribution in [0.4, 0.5) is 0 Å². The standard InChI is InChI=1S/C11H18N2S/c1-2-13-6-3-4-10(12)11(13)9-5-7-14-8-9/h5,7-8,10-11H,2-4,6,12H2,1H3. The Hall–Kier alpha value is -0.380. The number of nitrogens with two attached hydrogens (primary N) is 1. The highest BCUT2D eigenvalue weighted by Crippen LogP contribution is 2.30. The van der Waals surface area contributed by atoms with E-state index >= 15 is 0 Å². The molecule has 1 aliphatic heterocycles. The van der Waals surface area contributed by atoms with Crippen molar-refractivity contribution >= 4 is 11.3 Å². The van der Waals surface area contributed by atoms with Crippen LogP contribution >= 0.6 is 11.3 Å². The molecule has 2 unspecified atom stereocenters. The van der Waals surface area contributed by atoms with Gasteiger partial charge in [0, 0.05) is 6.04 Å². The Morgan fingerprint density at radius 2 is 2.50 bits per heavy atom. The van der Waals surface area contributed by atoms with Crippen molar-refractivity contribution in [2.24, 2.45) is 5.73 Å². The van der Waals surface area contributed by atoms with E-state index in [1.165, 1.54) is 18.5 Å². The summed E-state index contributed by atoms with van der Waals surface area (Å²) in [6, 6.07) is 2.99. The highest BCUT2D eigenvalue weighted by Gasteiger charge is 2.29. The molecule has 0 radical (unpaired) electrons. The van der Waals surface area contributed by atoms with Gasteiger partial charge in [-0.3, -0.25) is 4.90 Å². The molecule has 0 aromatic carbocycles. The summed E-state index contributed by atoms with van der Waals surface area (Å²) in [4.78, 5) is 2.50. The summed E-state index contributed by atoms with van der Waals surface area (Å²) >= 11 is 1.77. The Labute approximate surface area is 89.7 Å². The normalized spacial score (nSPS) is 29.3. The Morgan fingerprint density at radius 3 is 3.14 bits per heavy atom. The first-order chi connectivity index (χ1) is 6.83. The first-order valence-electron chi connectivity index (χ1n) is 5.34. The Morgan fingerprint density at radius 1 is 1.64 bits per heavy atom. The lowest BCUT2D eigenvalue weighted by atomic mass is 9.93. The van der Waals surface area contributed by atoms with Crippen LogP contribution in [-0.2, 0) is 0 Å². The molecule has 2 heterocycles. The predicted molar refractivity (Wildman–Crippen MR) is 61.5 cm³/mol. The fourth-order valence-corrected chi connectivity index (χ4v) is 3.04. The van der Waals surface area contributed by atoms with Crippen molar-refractivity contribution in [2.45, 2.75) is 31.8 Å². The molecule has 2 N–H and O–H groups in total. The van der Waals surface area contributed by atoms with Crippen molar-refractivity contribution in [3.8, 4) is 0 Å². The van der Waals surface area contributed by atoms with Crippen LogP contribution in [0.2, 0.25) is 0 Å². The maximum atomic E-state index is 6.20. The van der Waals surface area contributed by atoms with E-state index in [4.69, 9.17) is 5.73 Å². The summed E-state index contributed by atoms with van der Waals surface area (Å²) < 4.78 is 0. The van der Waals surface area contributed by atoms with E-state index in [0.717, 1.165) is 13.0 Å². The smallest absolute Gasteiger partial charge is 0.0507 e. The summed E-state index contributed by atoms with van der Waals surface area (Å²) in [7, 11) is 0. The van der Waals surface area contributed by atoms with Crippen LogP contribution in [0.25, 0.3) is 0 Å². The van der Waals surface area contributed by atoms with Crippen LogP contribution in [0.15, 0.2) is 16.8 Å². The van der Waals surface area contributed by atoms with Gasteiger partial charge in [-0.2, -0.15) is 11.3 Å². The summed E-state index contributed by atoms with van der Waals surface area (Å²) in [6.45, 7) is 4.52. The molecule has 3 heteroatoms. The van der Waals surface area contributed by atoms with Crippen LogP contribution in [0.5, 0.6) is 0 Å². The summed E-state index contributed by atoms with van der Waals surface area (Å²) in [6.07, 6.45) is 2.41. The molecular weight excluding hydrogens is 192 g/mol.